The first-order valence-electron chi connectivity index (χ1n) is 9.47. The standard InChI is InChI=1S/C20H31N3O3.ClH/c1-4-20(5-2,13-21)19(25)22-14(3)15-6-10-17(11-7-15)26-12-18(24)23-16-8-9-16;/h6-7,10-11,14,16H,4-5,8-9,12-13,21H2,1-3H3,(H,22,25)(H,23,24);1H. The highest BCUT2D eigenvalue weighted by atomic mass is 35.5. The van der Waals surface area contributed by atoms with Crippen molar-refractivity contribution < 1.29 is 14.3 Å². The van der Waals surface area contributed by atoms with Crippen LogP contribution < -0.4 is 21.1 Å². The van der Waals surface area contributed by atoms with Crippen molar-refractivity contribution in [1.29, 1.82) is 0 Å². The van der Waals surface area contributed by atoms with Gasteiger partial charge in [-0.25, -0.2) is 0 Å². The van der Waals surface area contributed by atoms with E-state index < -0.39 is 5.41 Å². The van der Waals surface area contributed by atoms with Gasteiger partial charge in [0, 0.05) is 12.6 Å². The summed E-state index contributed by atoms with van der Waals surface area (Å²) in [7, 11) is 0. The van der Waals surface area contributed by atoms with Gasteiger partial charge in [0.15, 0.2) is 6.61 Å². The molecule has 1 aromatic rings. The summed E-state index contributed by atoms with van der Waals surface area (Å²) < 4.78 is 5.50. The Morgan fingerprint density at radius 2 is 1.81 bits per heavy atom. The molecule has 2 amide bonds. The van der Waals surface area contributed by atoms with Gasteiger partial charge in [-0.15, -0.1) is 12.4 Å². The number of hydrogen-bond donors (Lipinski definition) is 3. The molecule has 1 atom stereocenters. The zero-order chi connectivity index (χ0) is 19.2. The Hall–Kier alpha value is -1.79. The van der Waals surface area contributed by atoms with Gasteiger partial charge in [0.1, 0.15) is 5.75 Å². The fourth-order valence-electron chi connectivity index (χ4n) is 2.88. The smallest absolute Gasteiger partial charge is 0.258 e. The van der Waals surface area contributed by atoms with Crippen LogP contribution in [0.4, 0.5) is 0 Å². The third kappa shape index (κ3) is 6.40. The molecule has 1 aliphatic carbocycles. The SMILES string of the molecule is CCC(CC)(CN)C(=O)NC(C)c1ccc(OCC(=O)NC2CC2)cc1.Cl. The minimum absolute atomic E-state index is 0. The molecule has 0 bridgehead atoms. The fourth-order valence-corrected chi connectivity index (χ4v) is 2.88. The average molecular weight is 398 g/mol. The Bertz CT molecular complexity index is 605. The molecule has 1 aliphatic rings. The molecular formula is C20H32ClN3O3. The number of ether oxygens (including phenoxy) is 1. The van der Waals surface area contributed by atoms with Crippen LogP contribution in [-0.4, -0.2) is 31.0 Å². The van der Waals surface area contributed by atoms with Gasteiger partial charge in [-0.2, -0.15) is 0 Å². The summed E-state index contributed by atoms with van der Waals surface area (Å²) in [6, 6.07) is 7.65. The van der Waals surface area contributed by atoms with E-state index in [9.17, 15) is 9.59 Å². The lowest BCUT2D eigenvalue weighted by Crippen LogP contribution is -2.46. The highest BCUT2D eigenvalue weighted by Crippen LogP contribution is 2.27. The van der Waals surface area contributed by atoms with E-state index in [-0.39, 0.29) is 36.9 Å². The van der Waals surface area contributed by atoms with Crippen LogP contribution in [0.3, 0.4) is 0 Å². The second kappa shape index (κ2) is 10.5. The highest BCUT2D eigenvalue weighted by molar-refractivity contribution is 5.85. The first-order chi connectivity index (χ1) is 12.4. The topological polar surface area (TPSA) is 93.5 Å². The van der Waals surface area contributed by atoms with Crippen molar-refractivity contribution in [3.8, 4) is 5.75 Å². The monoisotopic (exact) mass is 397 g/mol. The van der Waals surface area contributed by atoms with Crippen LogP contribution in [0.25, 0.3) is 0 Å². The summed E-state index contributed by atoms with van der Waals surface area (Å²) in [5.41, 5.74) is 6.32. The van der Waals surface area contributed by atoms with Crippen molar-refractivity contribution in [3.63, 3.8) is 0 Å². The predicted octanol–water partition coefficient (Wildman–Crippen LogP) is 2.71. The molecule has 0 aromatic heterocycles. The van der Waals surface area contributed by atoms with Crippen molar-refractivity contribution >= 4 is 24.2 Å². The second-order valence-corrected chi connectivity index (χ2v) is 7.09. The minimum Gasteiger partial charge on any atom is -0.484 e. The van der Waals surface area contributed by atoms with E-state index in [2.05, 4.69) is 10.6 Å². The summed E-state index contributed by atoms with van der Waals surface area (Å²) in [4.78, 5) is 24.3. The molecule has 152 valence electrons. The molecule has 0 spiro atoms. The molecule has 1 fully saturated rings. The number of halogens is 1. The number of carbonyl (C=O) groups excluding carboxylic acids is 2. The Kier molecular flexibility index (Phi) is 9.06. The van der Waals surface area contributed by atoms with Gasteiger partial charge < -0.3 is 21.1 Å². The summed E-state index contributed by atoms with van der Waals surface area (Å²) in [6.45, 7) is 6.30. The van der Waals surface area contributed by atoms with E-state index in [1.165, 1.54) is 0 Å². The van der Waals surface area contributed by atoms with Crippen molar-refractivity contribution in [3.05, 3.63) is 29.8 Å². The summed E-state index contributed by atoms with van der Waals surface area (Å²) in [5.74, 6) is 0.542. The van der Waals surface area contributed by atoms with E-state index in [1.54, 1.807) is 0 Å². The number of nitrogens with one attached hydrogen (secondary N) is 2. The molecule has 4 N–H and O–H groups in total. The quantitative estimate of drug-likeness (QED) is 0.565. The normalized spacial score (nSPS) is 14.7. The van der Waals surface area contributed by atoms with Gasteiger partial charge >= 0.3 is 0 Å². The summed E-state index contributed by atoms with van der Waals surface area (Å²) in [6.07, 6.45) is 3.56. The molecule has 7 heteroatoms. The highest BCUT2D eigenvalue weighted by Gasteiger charge is 2.34. The third-order valence-electron chi connectivity index (χ3n) is 5.27. The minimum atomic E-state index is -0.508. The van der Waals surface area contributed by atoms with Crippen LogP contribution in [0.1, 0.15) is 58.1 Å². The van der Waals surface area contributed by atoms with Crippen molar-refractivity contribution in [2.24, 2.45) is 11.1 Å². The molecule has 1 unspecified atom stereocenters. The van der Waals surface area contributed by atoms with Crippen molar-refractivity contribution in [1.82, 2.24) is 10.6 Å². The first-order valence-corrected chi connectivity index (χ1v) is 9.47. The zero-order valence-electron chi connectivity index (χ0n) is 16.4. The number of amides is 2. The second-order valence-electron chi connectivity index (χ2n) is 7.09. The lowest BCUT2D eigenvalue weighted by Gasteiger charge is -2.30. The van der Waals surface area contributed by atoms with E-state index in [1.807, 2.05) is 45.0 Å². The molecular weight excluding hydrogens is 366 g/mol. The molecule has 0 heterocycles. The van der Waals surface area contributed by atoms with Gasteiger partial charge in [0.25, 0.3) is 5.91 Å². The van der Waals surface area contributed by atoms with E-state index in [4.69, 9.17) is 10.5 Å². The zero-order valence-corrected chi connectivity index (χ0v) is 17.2. The van der Waals surface area contributed by atoms with Gasteiger partial charge in [-0.05, 0) is 50.3 Å². The first kappa shape index (κ1) is 23.2. The lowest BCUT2D eigenvalue weighted by atomic mass is 9.81. The van der Waals surface area contributed by atoms with E-state index >= 15 is 0 Å². The Morgan fingerprint density at radius 1 is 1.22 bits per heavy atom. The largest absolute Gasteiger partial charge is 0.484 e. The van der Waals surface area contributed by atoms with Crippen LogP contribution >= 0.6 is 12.4 Å². The molecule has 1 saturated carbocycles. The number of rotatable bonds is 10. The van der Waals surface area contributed by atoms with Crippen LogP contribution in [0.2, 0.25) is 0 Å². The maximum atomic E-state index is 12.6. The Morgan fingerprint density at radius 3 is 2.30 bits per heavy atom. The number of benzene rings is 1. The molecule has 0 saturated heterocycles. The molecule has 2 rings (SSSR count). The number of nitrogens with two attached hydrogens (primary N) is 1. The molecule has 0 radical (unpaired) electrons. The maximum absolute atomic E-state index is 12.6. The average Bonchev–Trinajstić information content (AvgIpc) is 3.46. The third-order valence-corrected chi connectivity index (χ3v) is 5.27. The number of hydrogen-bond acceptors (Lipinski definition) is 4. The van der Waals surface area contributed by atoms with Crippen LogP contribution in [0.5, 0.6) is 5.75 Å². The summed E-state index contributed by atoms with van der Waals surface area (Å²) in [5, 5.41) is 5.95. The van der Waals surface area contributed by atoms with Crippen LogP contribution in [0, 0.1) is 5.41 Å². The molecule has 1 aromatic carbocycles. The summed E-state index contributed by atoms with van der Waals surface area (Å²) >= 11 is 0. The van der Waals surface area contributed by atoms with Gasteiger partial charge in [-0.3, -0.25) is 9.59 Å². The van der Waals surface area contributed by atoms with Gasteiger partial charge in [-0.1, -0.05) is 26.0 Å². The fraction of sp³-hybridized carbons (Fsp3) is 0.600. The van der Waals surface area contributed by atoms with E-state index in [0.717, 1.165) is 18.4 Å². The lowest BCUT2D eigenvalue weighted by molar-refractivity contribution is -0.131. The number of carbonyl (C=O) groups is 2. The molecule has 27 heavy (non-hydrogen) atoms. The molecule has 0 aliphatic heterocycles. The van der Waals surface area contributed by atoms with Gasteiger partial charge in [0.2, 0.25) is 5.91 Å². The van der Waals surface area contributed by atoms with Gasteiger partial charge in [0.05, 0.1) is 11.5 Å². The predicted molar refractivity (Wildman–Crippen MR) is 109 cm³/mol. The van der Waals surface area contributed by atoms with Crippen molar-refractivity contribution in [2.45, 2.75) is 58.5 Å². The Balaban J connectivity index is 0.00000364. The Labute approximate surface area is 168 Å². The van der Waals surface area contributed by atoms with E-state index in [0.29, 0.717) is 31.2 Å². The van der Waals surface area contributed by atoms with Crippen molar-refractivity contribution in [2.75, 3.05) is 13.2 Å². The van der Waals surface area contributed by atoms with Crippen LogP contribution in [-0.2, 0) is 9.59 Å². The molecule has 6 nitrogen and oxygen atoms in total. The maximum Gasteiger partial charge on any atom is 0.258 e. The van der Waals surface area contributed by atoms with Crippen LogP contribution in [0.15, 0.2) is 24.3 Å².